The number of fused-ring (bicyclic) bond motifs is 1. The Bertz CT molecular complexity index is 1010. The van der Waals surface area contributed by atoms with Gasteiger partial charge in [-0.05, 0) is 24.1 Å². The van der Waals surface area contributed by atoms with E-state index in [0.29, 0.717) is 11.5 Å². The van der Waals surface area contributed by atoms with Crippen LogP contribution in [0.1, 0.15) is 56.3 Å². The van der Waals surface area contributed by atoms with Gasteiger partial charge in [-0.15, -0.1) is 0 Å². The predicted molar refractivity (Wildman–Crippen MR) is 111 cm³/mol. The average Bonchev–Trinajstić information content (AvgIpc) is 2.89. The molecule has 0 bridgehead atoms. The van der Waals surface area contributed by atoms with Crippen molar-refractivity contribution in [1.82, 2.24) is 9.97 Å². The fraction of sp³-hybridized carbons (Fsp3) is 0.364. The van der Waals surface area contributed by atoms with E-state index in [1.54, 1.807) is 0 Å². The third-order valence-electron chi connectivity index (χ3n) is 5.17. The first-order valence-corrected chi connectivity index (χ1v) is 9.45. The van der Waals surface area contributed by atoms with Crippen LogP contribution in [0.15, 0.2) is 30.0 Å². The number of allylic oxidation sites excluding steroid dienone is 1. The minimum Gasteiger partial charge on any atom is -0.368 e. The van der Waals surface area contributed by atoms with Crippen molar-refractivity contribution in [1.29, 1.82) is 10.5 Å². The molecule has 1 aromatic heterocycles. The summed E-state index contributed by atoms with van der Waals surface area (Å²) in [5.74, 6) is 0.539. The second-order valence-corrected chi connectivity index (χ2v) is 7.39. The van der Waals surface area contributed by atoms with Gasteiger partial charge in [0, 0.05) is 30.4 Å². The van der Waals surface area contributed by atoms with Gasteiger partial charge in [0.15, 0.2) is 17.2 Å². The Morgan fingerprint density at radius 1 is 1.14 bits per heavy atom. The van der Waals surface area contributed by atoms with Gasteiger partial charge in [0.25, 0.3) is 0 Å². The van der Waals surface area contributed by atoms with Crippen LogP contribution in [0.25, 0.3) is 6.08 Å². The lowest BCUT2D eigenvalue weighted by atomic mass is 9.83. The molecule has 142 valence electrons. The normalized spacial score (nSPS) is 15.8. The molecule has 0 aliphatic carbocycles. The van der Waals surface area contributed by atoms with Crippen molar-refractivity contribution in [3.8, 4) is 12.1 Å². The number of anilines is 2. The zero-order chi connectivity index (χ0) is 20.3. The van der Waals surface area contributed by atoms with E-state index in [4.69, 9.17) is 0 Å². The highest BCUT2D eigenvalue weighted by Gasteiger charge is 2.38. The molecule has 0 unspecified atom stereocenters. The highest BCUT2D eigenvalue weighted by atomic mass is 15.2. The molecule has 0 saturated heterocycles. The van der Waals surface area contributed by atoms with Gasteiger partial charge in [0.2, 0.25) is 0 Å². The molecular formula is C22H24N6. The third-order valence-corrected chi connectivity index (χ3v) is 5.17. The first-order chi connectivity index (χ1) is 13.4. The van der Waals surface area contributed by atoms with E-state index in [0.717, 1.165) is 30.8 Å². The number of hydrogen-bond donors (Lipinski definition) is 1. The number of nitrogens with one attached hydrogen (secondary N) is 1. The molecule has 0 amide bonds. The van der Waals surface area contributed by atoms with E-state index in [1.165, 1.54) is 5.56 Å². The van der Waals surface area contributed by atoms with Crippen LogP contribution in [-0.2, 0) is 5.41 Å². The summed E-state index contributed by atoms with van der Waals surface area (Å²) >= 11 is 0. The van der Waals surface area contributed by atoms with Gasteiger partial charge in [0.1, 0.15) is 17.8 Å². The smallest absolute Gasteiger partial charge is 0.179 e. The second-order valence-electron chi connectivity index (χ2n) is 7.39. The molecular weight excluding hydrogens is 348 g/mol. The first kappa shape index (κ1) is 19.4. The van der Waals surface area contributed by atoms with E-state index in [9.17, 15) is 10.5 Å². The zero-order valence-corrected chi connectivity index (χ0v) is 16.7. The maximum absolute atomic E-state index is 9.38. The minimum atomic E-state index is -0.214. The molecule has 0 saturated carbocycles. The van der Waals surface area contributed by atoms with Crippen LogP contribution in [0, 0.1) is 22.7 Å². The second kappa shape index (κ2) is 7.70. The number of nitriles is 2. The lowest BCUT2D eigenvalue weighted by Crippen LogP contribution is -2.23. The summed E-state index contributed by atoms with van der Waals surface area (Å²) in [6, 6.07) is 12.3. The number of para-hydroxylation sites is 1. The van der Waals surface area contributed by atoms with Crippen molar-refractivity contribution >= 4 is 17.6 Å². The standard InChI is InChI=1S/C22H24N6/c1-5-6-11-25-21-16(26-17(13-23)18(14-24)27-21)12-20-22(2,3)15-9-7-8-10-19(15)28(20)4/h7-10,12H,5-6,11H2,1-4H3,(H,25,27)/b20-12-. The van der Waals surface area contributed by atoms with E-state index in [-0.39, 0.29) is 16.8 Å². The van der Waals surface area contributed by atoms with Crippen LogP contribution >= 0.6 is 0 Å². The van der Waals surface area contributed by atoms with Gasteiger partial charge in [-0.2, -0.15) is 10.5 Å². The summed E-state index contributed by atoms with van der Waals surface area (Å²) in [6.07, 6.45) is 4.00. The van der Waals surface area contributed by atoms with E-state index < -0.39 is 0 Å². The lowest BCUT2D eigenvalue weighted by molar-refractivity contribution is 0.645. The number of aromatic nitrogens is 2. The number of nitrogens with zero attached hydrogens (tertiary/aromatic N) is 5. The van der Waals surface area contributed by atoms with E-state index in [1.807, 2.05) is 37.4 Å². The van der Waals surface area contributed by atoms with Crippen LogP contribution in [0.2, 0.25) is 0 Å². The number of unbranched alkanes of at least 4 members (excludes halogenated alkanes) is 1. The van der Waals surface area contributed by atoms with Crippen molar-refractivity contribution in [3.05, 3.63) is 52.6 Å². The van der Waals surface area contributed by atoms with Gasteiger partial charge in [-0.1, -0.05) is 45.4 Å². The number of likely N-dealkylation sites (N-methyl/N-ethyl adjacent to an activating group) is 1. The molecule has 2 heterocycles. The SMILES string of the molecule is CCCCNc1nc(C#N)c(C#N)nc1/C=C1\N(C)c2ccccc2C1(C)C. The van der Waals surface area contributed by atoms with Crippen LogP contribution in [-0.4, -0.2) is 23.6 Å². The van der Waals surface area contributed by atoms with Crippen molar-refractivity contribution in [3.63, 3.8) is 0 Å². The molecule has 6 heteroatoms. The molecule has 2 aromatic rings. The summed E-state index contributed by atoms with van der Waals surface area (Å²) in [5.41, 5.74) is 3.92. The number of hydrogen-bond acceptors (Lipinski definition) is 6. The Balaban J connectivity index is 2.13. The van der Waals surface area contributed by atoms with E-state index >= 15 is 0 Å². The summed E-state index contributed by atoms with van der Waals surface area (Å²) in [4.78, 5) is 11.0. The van der Waals surface area contributed by atoms with Gasteiger partial charge >= 0.3 is 0 Å². The fourth-order valence-electron chi connectivity index (χ4n) is 3.61. The van der Waals surface area contributed by atoms with Crippen LogP contribution in [0.3, 0.4) is 0 Å². The van der Waals surface area contributed by atoms with Crippen molar-refractivity contribution in [2.45, 2.75) is 39.0 Å². The average molecular weight is 372 g/mol. The number of benzene rings is 1. The molecule has 1 aliphatic rings. The molecule has 0 fully saturated rings. The minimum absolute atomic E-state index is 0.0472. The predicted octanol–water partition coefficient (Wildman–Crippen LogP) is 4.20. The maximum Gasteiger partial charge on any atom is 0.179 e. The van der Waals surface area contributed by atoms with E-state index in [2.05, 4.69) is 53.1 Å². The summed E-state index contributed by atoms with van der Waals surface area (Å²) in [6.45, 7) is 7.20. The summed E-state index contributed by atoms with van der Waals surface area (Å²) in [7, 11) is 2.03. The molecule has 1 N–H and O–H groups in total. The van der Waals surface area contributed by atoms with Gasteiger partial charge in [-0.3, -0.25) is 0 Å². The summed E-state index contributed by atoms with van der Waals surface area (Å²) < 4.78 is 0. The zero-order valence-electron chi connectivity index (χ0n) is 16.7. The monoisotopic (exact) mass is 372 g/mol. The quantitative estimate of drug-likeness (QED) is 0.791. The van der Waals surface area contributed by atoms with Gasteiger partial charge in [-0.25, -0.2) is 9.97 Å². The Hall–Kier alpha value is -3.38. The Labute approximate surface area is 166 Å². The Morgan fingerprint density at radius 2 is 1.82 bits per heavy atom. The molecule has 3 rings (SSSR count). The van der Waals surface area contributed by atoms with Crippen molar-refractivity contribution < 1.29 is 0 Å². The third kappa shape index (κ3) is 3.30. The van der Waals surface area contributed by atoms with Gasteiger partial charge in [0.05, 0.1) is 0 Å². The molecule has 28 heavy (non-hydrogen) atoms. The van der Waals surface area contributed by atoms with Crippen LogP contribution in [0.4, 0.5) is 11.5 Å². The first-order valence-electron chi connectivity index (χ1n) is 9.45. The van der Waals surface area contributed by atoms with Crippen LogP contribution in [0.5, 0.6) is 0 Å². The topological polar surface area (TPSA) is 88.6 Å². The number of rotatable bonds is 5. The lowest BCUT2D eigenvalue weighted by Gasteiger charge is -2.24. The highest BCUT2D eigenvalue weighted by Crippen LogP contribution is 2.47. The molecule has 1 aliphatic heterocycles. The summed E-state index contributed by atoms with van der Waals surface area (Å²) in [5, 5.41) is 22.0. The molecule has 0 radical (unpaired) electrons. The van der Waals surface area contributed by atoms with Crippen LogP contribution < -0.4 is 10.2 Å². The molecule has 0 spiro atoms. The molecule has 6 nitrogen and oxygen atoms in total. The molecule has 1 aromatic carbocycles. The van der Waals surface area contributed by atoms with Gasteiger partial charge < -0.3 is 10.2 Å². The fourth-order valence-corrected chi connectivity index (χ4v) is 3.61. The van der Waals surface area contributed by atoms with Crippen molar-refractivity contribution in [2.75, 3.05) is 23.8 Å². The molecule has 0 atom stereocenters. The largest absolute Gasteiger partial charge is 0.368 e. The Morgan fingerprint density at radius 3 is 2.46 bits per heavy atom. The maximum atomic E-state index is 9.38. The van der Waals surface area contributed by atoms with Crippen molar-refractivity contribution in [2.24, 2.45) is 0 Å². The highest BCUT2D eigenvalue weighted by molar-refractivity contribution is 5.77. The Kier molecular flexibility index (Phi) is 5.33.